The summed E-state index contributed by atoms with van der Waals surface area (Å²) in [6.45, 7) is 0.358. The number of hydrogen-bond acceptors (Lipinski definition) is 4. The van der Waals surface area contributed by atoms with E-state index in [1.807, 2.05) is 12.2 Å². The zero-order valence-electron chi connectivity index (χ0n) is 9.60. The van der Waals surface area contributed by atoms with Crippen LogP contribution in [0.2, 0.25) is 0 Å². The maximum Gasteiger partial charge on any atom is 0.235 e. The molecule has 0 bridgehead atoms. The first-order valence-corrected chi connectivity index (χ1v) is 6.03. The van der Waals surface area contributed by atoms with Gasteiger partial charge in [-0.25, -0.2) is 9.97 Å². The predicted octanol–water partition coefficient (Wildman–Crippen LogP) is 1.72. The van der Waals surface area contributed by atoms with Crippen LogP contribution in [0.4, 0.5) is 5.95 Å². The molecule has 0 unspecified atom stereocenters. The number of nitrogen functional groups attached to an aromatic ring is 1. The van der Waals surface area contributed by atoms with E-state index in [0.717, 1.165) is 34.0 Å². The molecule has 0 aromatic carbocycles. The van der Waals surface area contributed by atoms with Gasteiger partial charge in [-0.1, -0.05) is 11.6 Å². The van der Waals surface area contributed by atoms with E-state index in [0.29, 0.717) is 13.0 Å². The van der Waals surface area contributed by atoms with E-state index >= 15 is 0 Å². The number of allylic oxidation sites excluding steroid dienone is 3. The highest BCUT2D eigenvalue weighted by molar-refractivity contribution is 6.31. The molecule has 0 radical (unpaired) electrons. The monoisotopic (exact) mass is 263 g/mol. The molecule has 0 fully saturated rings. The molecular weight excluding hydrogens is 252 g/mol. The number of fused-ring (bicyclic) bond motifs is 2. The van der Waals surface area contributed by atoms with Crippen LogP contribution in [-0.2, 0) is 6.54 Å². The molecule has 0 saturated carbocycles. The molecule has 0 saturated heterocycles. The van der Waals surface area contributed by atoms with Crippen LogP contribution in [0.1, 0.15) is 24.1 Å². The van der Waals surface area contributed by atoms with Crippen molar-refractivity contribution in [1.29, 1.82) is 0 Å². The predicted molar refractivity (Wildman–Crippen MR) is 68.3 cm³/mol. The van der Waals surface area contributed by atoms with E-state index in [4.69, 9.17) is 17.3 Å². The van der Waals surface area contributed by atoms with Crippen molar-refractivity contribution in [1.82, 2.24) is 9.97 Å². The van der Waals surface area contributed by atoms with Gasteiger partial charge in [0.15, 0.2) is 0 Å². The van der Waals surface area contributed by atoms with Crippen LogP contribution in [0, 0.1) is 0 Å². The number of nitrogens with zero attached hydrogens (tertiary/aromatic N) is 3. The molecule has 1 aliphatic heterocycles. The fourth-order valence-electron chi connectivity index (χ4n) is 2.19. The van der Waals surface area contributed by atoms with Crippen molar-refractivity contribution in [2.24, 2.45) is 0 Å². The van der Waals surface area contributed by atoms with Crippen molar-refractivity contribution in [3.63, 3.8) is 0 Å². The van der Waals surface area contributed by atoms with Crippen molar-refractivity contribution in [3.05, 3.63) is 34.1 Å². The third-order valence-electron chi connectivity index (χ3n) is 3.09. The first-order chi connectivity index (χ1) is 8.63. The van der Waals surface area contributed by atoms with Crippen molar-refractivity contribution in [2.75, 3.05) is 5.73 Å². The number of anilines is 1. The van der Waals surface area contributed by atoms with E-state index < -0.39 is 0 Å². The summed E-state index contributed by atoms with van der Waals surface area (Å²) in [6.07, 6.45) is 6.85. The van der Waals surface area contributed by atoms with Gasteiger partial charge in [0.1, 0.15) is 0 Å². The van der Waals surface area contributed by atoms with E-state index in [9.17, 15) is 5.21 Å². The molecule has 1 aliphatic carbocycles. The molecule has 2 aliphatic rings. The van der Waals surface area contributed by atoms with Gasteiger partial charge in [-0.05, 0) is 23.3 Å². The van der Waals surface area contributed by atoms with Crippen LogP contribution in [0.5, 0.6) is 0 Å². The van der Waals surface area contributed by atoms with Gasteiger partial charge in [0, 0.05) is 23.2 Å². The first-order valence-electron chi connectivity index (χ1n) is 5.65. The molecule has 2 heterocycles. The lowest BCUT2D eigenvalue weighted by atomic mass is 9.98. The SMILES string of the molecule is Nc1ncc2c(n1)C=C1C=C(Cl)CCC1=[N+](O)C2. The summed E-state index contributed by atoms with van der Waals surface area (Å²) in [6, 6.07) is 0. The minimum absolute atomic E-state index is 0.226. The number of hydroxylamine groups is 1. The summed E-state index contributed by atoms with van der Waals surface area (Å²) >= 11 is 6.05. The van der Waals surface area contributed by atoms with Crippen LogP contribution in [0.15, 0.2) is 22.9 Å². The Morgan fingerprint density at radius 1 is 1.33 bits per heavy atom. The molecule has 92 valence electrons. The maximum atomic E-state index is 10.1. The highest BCUT2D eigenvalue weighted by Gasteiger charge is 2.27. The summed E-state index contributed by atoms with van der Waals surface area (Å²) in [4.78, 5) is 8.14. The second kappa shape index (κ2) is 4.10. The van der Waals surface area contributed by atoms with Crippen LogP contribution in [-0.4, -0.2) is 25.6 Å². The second-order valence-electron chi connectivity index (χ2n) is 4.33. The summed E-state index contributed by atoms with van der Waals surface area (Å²) in [5.74, 6) is 0.226. The van der Waals surface area contributed by atoms with Crippen molar-refractivity contribution < 1.29 is 9.95 Å². The van der Waals surface area contributed by atoms with E-state index in [-0.39, 0.29) is 5.95 Å². The highest BCUT2D eigenvalue weighted by Crippen LogP contribution is 2.27. The molecule has 6 heteroatoms. The average Bonchev–Trinajstić information content (AvgIpc) is 2.44. The van der Waals surface area contributed by atoms with E-state index in [1.54, 1.807) is 6.20 Å². The summed E-state index contributed by atoms with van der Waals surface area (Å²) in [5.41, 5.74) is 8.89. The van der Waals surface area contributed by atoms with Gasteiger partial charge in [-0.2, -0.15) is 0 Å². The lowest BCUT2D eigenvalue weighted by Gasteiger charge is -2.08. The summed E-state index contributed by atoms with van der Waals surface area (Å²) in [7, 11) is 0. The lowest BCUT2D eigenvalue weighted by Crippen LogP contribution is -2.20. The standard InChI is InChI=1S/C12H12ClN4O/c13-9-1-2-11-7(3-9)4-10-8(6-17(11)18)5-15-12(14)16-10/h3-5,18H,1-2,6H2,(H2,14,15,16)/q+1. The van der Waals surface area contributed by atoms with Gasteiger partial charge in [-0.3, -0.25) is 5.21 Å². The third kappa shape index (κ3) is 1.86. The molecule has 0 spiro atoms. The minimum atomic E-state index is 0.226. The van der Waals surface area contributed by atoms with Gasteiger partial charge in [-0.15, -0.1) is 0 Å². The first kappa shape index (κ1) is 11.2. The van der Waals surface area contributed by atoms with Crippen LogP contribution < -0.4 is 5.73 Å². The Morgan fingerprint density at radius 2 is 2.17 bits per heavy atom. The van der Waals surface area contributed by atoms with Crippen molar-refractivity contribution >= 4 is 29.3 Å². The summed E-state index contributed by atoms with van der Waals surface area (Å²) < 4.78 is 1.23. The van der Waals surface area contributed by atoms with Gasteiger partial charge in [0.25, 0.3) is 0 Å². The Bertz CT molecular complexity index is 619. The molecule has 3 rings (SSSR count). The molecule has 18 heavy (non-hydrogen) atoms. The number of halogens is 1. The lowest BCUT2D eigenvalue weighted by molar-refractivity contribution is -0.787. The number of nitrogens with two attached hydrogens (primary N) is 1. The molecule has 1 aromatic heterocycles. The average molecular weight is 264 g/mol. The fraction of sp³-hybridized carbons (Fsp3) is 0.250. The second-order valence-corrected chi connectivity index (χ2v) is 4.82. The van der Waals surface area contributed by atoms with Crippen molar-refractivity contribution in [2.45, 2.75) is 19.4 Å². The van der Waals surface area contributed by atoms with Crippen LogP contribution in [0.25, 0.3) is 6.08 Å². The fourth-order valence-corrected chi connectivity index (χ4v) is 2.41. The summed E-state index contributed by atoms with van der Waals surface area (Å²) in [5, 5.41) is 10.9. The number of rotatable bonds is 0. The molecule has 3 N–H and O–H groups in total. The van der Waals surface area contributed by atoms with Gasteiger partial charge < -0.3 is 5.73 Å². The zero-order valence-corrected chi connectivity index (χ0v) is 10.4. The van der Waals surface area contributed by atoms with Crippen LogP contribution in [0.3, 0.4) is 0 Å². The van der Waals surface area contributed by atoms with Gasteiger partial charge in [0.2, 0.25) is 18.2 Å². The molecule has 0 amide bonds. The Kier molecular flexibility index (Phi) is 2.56. The van der Waals surface area contributed by atoms with E-state index in [2.05, 4.69) is 9.97 Å². The number of hydrogen-bond donors (Lipinski definition) is 2. The molecule has 5 nitrogen and oxygen atoms in total. The Balaban J connectivity index is 2.20. The molecular formula is C12H12ClN4O+. The highest BCUT2D eigenvalue weighted by atomic mass is 35.5. The number of aromatic nitrogens is 2. The van der Waals surface area contributed by atoms with Crippen molar-refractivity contribution in [3.8, 4) is 0 Å². The van der Waals surface area contributed by atoms with Gasteiger partial charge >= 0.3 is 0 Å². The van der Waals surface area contributed by atoms with Gasteiger partial charge in [0.05, 0.1) is 11.3 Å². The Hall–Kier alpha value is -1.88. The van der Waals surface area contributed by atoms with Crippen LogP contribution >= 0.6 is 11.6 Å². The smallest absolute Gasteiger partial charge is 0.235 e. The molecule has 1 aromatic rings. The molecule has 0 atom stereocenters. The largest absolute Gasteiger partial charge is 0.368 e. The topological polar surface area (TPSA) is 75.0 Å². The zero-order chi connectivity index (χ0) is 12.7. The third-order valence-corrected chi connectivity index (χ3v) is 3.38. The Morgan fingerprint density at radius 3 is 3.00 bits per heavy atom. The normalized spacial score (nSPS) is 18.5. The van der Waals surface area contributed by atoms with E-state index in [1.165, 1.54) is 4.74 Å². The maximum absolute atomic E-state index is 10.1. The quantitative estimate of drug-likeness (QED) is 0.552. The Labute approximate surface area is 109 Å². The minimum Gasteiger partial charge on any atom is -0.368 e.